The number of hydrogen-bond donors (Lipinski definition) is 4. The van der Waals surface area contributed by atoms with Crippen molar-refractivity contribution in [1.82, 2.24) is 20.6 Å². The molecule has 0 aliphatic heterocycles. The fraction of sp³-hybridized carbons (Fsp3) is 0.341. The largest absolute Gasteiger partial charge is 0.488 e. The SMILES string of the molecule is CC1(Cl)C(c2ccccc2)=CC=CC1(COc1cc(OCc2cncc(C#N)c2)c(CNC(CO)CO)cc1Cl)OCCCNCCc1cccnc1. The summed E-state index contributed by atoms with van der Waals surface area (Å²) in [5.41, 5.74) is 3.76. The lowest BCUT2D eigenvalue weighted by Crippen LogP contribution is -2.55. The lowest BCUT2D eigenvalue weighted by atomic mass is 9.76. The summed E-state index contributed by atoms with van der Waals surface area (Å²) in [6.07, 6.45) is 14.3. The van der Waals surface area contributed by atoms with Crippen molar-refractivity contribution in [3.8, 4) is 17.6 Å². The average Bonchev–Trinajstić information content (AvgIpc) is 3.18. The number of aliphatic hydroxyl groups is 2. The maximum atomic E-state index is 9.61. The maximum Gasteiger partial charge on any atom is 0.143 e. The number of nitriles is 1. The third kappa shape index (κ3) is 10.6. The summed E-state index contributed by atoms with van der Waals surface area (Å²) in [4.78, 5) is 7.29. The quantitative estimate of drug-likeness (QED) is 0.0624. The molecule has 2 heterocycles. The summed E-state index contributed by atoms with van der Waals surface area (Å²) in [7, 11) is 0. The van der Waals surface area contributed by atoms with E-state index in [2.05, 4.69) is 32.7 Å². The first-order valence-corrected chi connectivity index (χ1v) is 18.3. The molecule has 12 heteroatoms. The molecule has 2 unspecified atom stereocenters. The zero-order valence-corrected chi connectivity index (χ0v) is 31.2. The maximum absolute atomic E-state index is 9.61. The molecule has 278 valence electrons. The highest BCUT2D eigenvalue weighted by Crippen LogP contribution is 2.47. The zero-order chi connectivity index (χ0) is 37.5. The Labute approximate surface area is 321 Å². The van der Waals surface area contributed by atoms with E-state index >= 15 is 0 Å². The first-order chi connectivity index (χ1) is 25.8. The first kappa shape index (κ1) is 39.9. The van der Waals surface area contributed by atoms with E-state index in [0.717, 1.165) is 37.1 Å². The van der Waals surface area contributed by atoms with E-state index in [0.29, 0.717) is 39.8 Å². The minimum Gasteiger partial charge on any atom is -0.488 e. The predicted octanol–water partition coefficient (Wildman–Crippen LogP) is 6.03. The van der Waals surface area contributed by atoms with Gasteiger partial charge in [-0.25, -0.2) is 0 Å². The van der Waals surface area contributed by atoms with E-state index in [4.69, 9.17) is 37.4 Å². The second kappa shape index (κ2) is 19.7. The van der Waals surface area contributed by atoms with Crippen LogP contribution in [0.15, 0.2) is 104 Å². The lowest BCUT2D eigenvalue weighted by Gasteiger charge is -2.45. The number of hydrogen-bond acceptors (Lipinski definition) is 10. The van der Waals surface area contributed by atoms with Crippen molar-refractivity contribution in [2.24, 2.45) is 0 Å². The van der Waals surface area contributed by atoms with Crippen LogP contribution in [0.4, 0.5) is 0 Å². The molecule has 5 rings (SSSR count). The van der Waals surface area contributed by atoms with E-state index in [-0.39, 0.29) is 33.0 Å². The predicted molar refractivity (Wildman–Crippen MR) is 207 cm³/mol. The Balaban J connectivity index is 1.35. The molecule has 0 fully saturated rings. The van der Waals surface area contributed by atoms with E-state index < -0.39 is 16.5 Å². The Hall–Kier alpha value is -4.31. The summed E-state index contributed by atoms with van der Waals surface area (Å²) in [5.74, 6) is 0.811. The Bertz CT molecular complexity index is 1870. The van der Waals surface area contributed by atoms with Crippen LogP contribution in [0.25, 0.3) is 5.57 Å². The highest BCUT2D eigenvalue weighted by atomic mass is 35.5. The zero-order valence-electron chi connectivity index (χ0n) is 29.7. The van der Waals surface area contributed by atoms with Crippen LogP contribution in [0.3, 0.4) is 0 Å². The number of nitrogens with one attached hydrogen (secondary N) is 2. The van der Waals surface area contributed by atoms with Crippen LogP contribution >= 0.6 is 23.2 Å². The number of aliphatic hydroxyl groups excluding tert-OH is 2. The standard InChI is InChI=1S/C41H45Cl2N5O5/c1-40(43)36(33-9-3-2-4-10-33)11-5-13-41(40,53-17-7-15-45-16-12-30-8-6-14-46-22-30)29-52-39-20-38(51-28-32-18-31(21-44)23-47-24-32)34(19-37(39)42)25-48-35(26-49)27-50/h2-6,8-11,13-14,18-20,22-24,35,45,48-50H,7,12,15-17,25-29H2,1H3. The summed E-state index contributed by atoms with van der Waals surface area (Å²) in [6, 6.07) is 20.7. The third-order valence-corrected chi connectivity index (χ3v) is 9.90. The van der Waals surface area contributed by atoms with Gasteiger partial charge in [0, 0.05) is 55.1 Å². The second-order valence-electron chi connectivity index (χ2n) is 12.9. The molecule has 4 N–H and O–H groups in total. The van der Waals surface area contributed by atoms with Crippen molar-refractivity contribution < 1.29 is 24.4 Å². The van der Waals surface area contributed by atoms with Gasteiger partial charge in [0.05, 0.1) is 29.8 Å². The van der Waals surface area contributed by atoms with Crippen molar-refractivity contribution in [2.45, 2.75) is 49.4 Å². The van der Waals surface area contributed by atoms with E-state index in [9.17, 15) is 15.5 Å². The average molecular weight is 759 g/mol. The molecular formula is C41H45Cl2N5O5. The van der Waals surface area contributed by atoms with Crippen LogP contribution < -0.4 is 20.1 Å². The fourth-order valence-electron chi connectivity index (χ4n) is 5.96. The minimum absolute atomic E-state index is 0.0318. The van der Waals surface area contributed by atoms with Crippen LogP contribution in [-0.2, 0) is 24.3 Å². The van der Waals surface area contributed by atoms with Crippen molar-refractivity contribution in [3.05, 3.63) is 137 Å². The van der Waals surface area contributed by atoms with Crippen molar-refractivity contribution >= 4 is 28.8 Å². The molecule has 0 spiro atoms. The van der Waals surface area contributed by atoms with Gasteiger partial charge in [0.25, 0.3) is 0 Å². The highest BCUT2D eigenvalue weighted by Gasteiger charge is 2.51. The molecule has 0 amide bonds. The van der Waals surface area contributed by atoms with Crippen LogP contribution in [0.5, 0.6) is 11.5 Å². The Kier molecular flexibility index (Phi) is 14.8. The summed E-state index contributed by atoms with van der Waals surface area (Å²) in [6.45, 7) is 3.84. The molecule has 53 heavy (non-hydrogen) atoms. The highest BCUT2D eigenvalue weighted by molar-refractivity contribution is 6.32. The van der Waals surface area contributed by atoms with E-state index in [1.807, 2.05) is 67.7 Å². The number of nitrogens with zero attached hydrogens (tertiary/aromatic N) is 3. The molecule has 1 aliphatic carbocycles. The summed E-state index contributed by atoms with van der Waals surface area (Å²) < 4.78 is 19.5. The van der Waals surface area contributed by atoms with Gasteiger partial charge in [-0.1, -0.05) is 60.2 Å². The lowest BCUT2D eigenvalue weighted by molar-refractivity contribution is -0.0524. The number of rotatable bonds is 20. The van der Waals surface area contributed by atoms with Gasteiger partial charge in [-0.3, -0.25) is 9.97 Å². The van der Waals surface area contributed by atoms with Gasteiger partial charge in [0.1, 0.15) is 41.3 Å². The number of aromatic nitrogens is 2. The Morgan fingerprint density at radius 1 is 0.943 bits per heavy atom. The first-order valence-electron chi connectivity index (χ1n) is 17.5. The number of pyridine rings is 2. The molecule has 0 saturated carbocycles. The van der Waals surface area contributed by atoms with Crippen LogP contribution in [-0.4, -0.2) is 76.2 Å². The molecule has 2 atom stereocenters. The van der Waals surface area contributed by atoms with E-state index in [1.54, 1.807) is 30.6 Å². The van der Waals surface area contributed by atoms with Gasteiger partial charge in [0.15, 0.2) is 0 Å². The normalized spacial score (nSPS) is 18.1. The molecule has 1 aliphatic rings. The van der Waals surface area contributed by atoms with Crippen LogP contribution in [0, 0.1) is 11.3 Å². The van der Waals surface area contributed by atoms with Crippen LogP contribution in [0.2, 0.25) is 5.02 Å². The molecule has 2 aromatic heterocycles. The molecule has 4 aromatic rings. The second-order valence-corrected chi connectivity index (χ2v) is 14.0. The number of benzene rings is 2. The smallest absolute Gasteiger partial charge is 0.143 e. The van der Waals surface area contributed by atoms with Crippen LogP contribution in [0.1, 0.15) is 41.2 Å². The molecule has 0 bridgehead atoms. The molecule has 0 radical (unpaired) electrons. The van der Waals surface area contributed by atoms with Gasteiger partial charge in [-0.2, -0.15) is 5.26 Å². The summed E-state index contributed by atoms with van der Waals surface area (Å²) in [5, 5.41) is 35.5. The topological polar surface area (TPSA) is 142 Å². The number of halogens is 2. The van der Waals surface area contributed by atoms with Gasteiger partial charge in [-0.15, -0.1) is 11.6 Å². The fourth-order valence-corrected chi connectivity index (χ4v) is 6.55. The van der Waals surface area contributed by atoms with Gasteiger partial charge < -0.3 is 35.1 Å². The third-order valence-electron chi connectivity index (χ3n) is 9.08. The summed E-state index contributed by atoms with van der Waals surface area (Å²) >= 11 is 14.4. The molecule has 2 aromatic carbocycles. The number of alkyl halides is 1. The van der Waals surface area contributed by atoms with Crippen molar-refractivity contribution in [1.29, 1.82) is 5.26 Å². The minimum atomic E-state index is -1.09. The van der Waals surface area contributed by atoms with Gasteiger partial charge >= 0.3 is 0 Å². The number of ether oxygens (including phenoxy) is 3. The molecule has 0 saturated heterocycles. The van der Waals surface area contributed by atoms with Crippen molar-refractivity contribution in [3.63, 3.8) is 0 Å². The Morgan fingerprint density at radius 3 is 2.51 bits per heavy atom. The van der Waals surface area contributed by atoms with Gasteiger partial charge in [-0.05, 0) is 73.8 Å². The molecular weight excluding hydrogens is 713 g/mol. The number of allylic oxidation sites excluding steroid dienone is 2. The molecule has 10 nitrogen and oxygen atoms in total. The monoisotopic (exact) mass is 757 g/mol. The van der Waals surface area contributed by atoms with Crippen molar-refractivity contribution in [2.75, 3.05) is 39.5 Å². The van der Waals surface area contributed by atoms with E-state index in [1.165, 1.54) is 11.8 Å². The van der Waals surface area contributed by atoms with Gasteiger partial charge in [0.2, 0.25) is 0 Å². The Morgan fingerprint density at radius 2 is 1.75 bits per heavy atom.